The monoisotopic (exact) mass is 312 g/mol. The van der Waals surface area contributed by atoms with E-state index < -0.39 is 34.5 Å². The van der Waals surface area contributed by atoms with Crippen molar-refractivity contribution in [1.29, 1.82) is 0 Å². The third-order valence-corrected chi connectivity index (χ3v) is 4.74. The van der Waals surface area contributed by atoms with E-state index in [0.29, 0.717) is 19.4 Å². The van der Waals surface area contributed by atoms with E-state index in [4.69, 9.17) is 5.11 Å². The minimum atomic E-state index is -3.77. The Morgan fingerprint density at radius 3 is 2.57 bits per heavy atom. The summed E-state index contributed by atoms with van der Waals surface area (Å²) in [5, 5.41) is 9.01. The van der Waals surface area contributed by atoms with Crippen LogP contribution in [0.1, 0.15) is 12.8 Å². The maximum Gasteiger partial charge on any atom is 0.326 e. The maximum absolute atomic E-state index is 12.0. The lowest BCUT2D eigenvalue weighted by molar-refractivity contribution is -0.147. The molecule has 8 heteroatoms. The Kier molecular flexibility index (Phi) is 4.59. The molecule has 1 heterocycles. The van der Waals surface area contributed by atoms with Crippen LogP contribution in [0.25, 0.3) is 0 Å². The van der Waals surface area contributed by atoms with Crippen molar-refractivity contribution in [3.05, 3.63) is 30.3 Å². The molecule has 1 aromatic carbocycles. The number of carbonyl (C=O) groups is 2. The molecule has 1 atom stereocenters. The number of carboxylic acids is 1. The first-order valence-electron chi connectivity index (χ1n) is 6.49. The second kappa shape index (κ2) is 6.23. The van der Waals surface area contributed by atoms with Gasteiger partial charge >= 0.3 is 5.97 Å². The predicted octanol–water partition coefficient (Wildman–Crippen LogP) is 0.0405. The molecular weight excluding hydrogens is 296 g/mol. The minimum absolute atomic E-state index is 0.0639. The maximum atomic E-state index is 12.0. The smallest absolute Gasteiger partial charge is 0.326 e. The second-order valence-corrected chi connectivity index (χ2v) is 6.49. The Bertz CT molecular complexity index is 629. The van der Waals surface area contributed by atoms with Crippen LogP contribution in [0.15, 0.2) is 35.2 Å². The molecule has 2 N–H and O–H groups in total. The summed E-state index contributed by atoms with van der Waals surface area (Å²) in [5.74, 6) is -1.59. The topological polar surface area (TPSA) is 104 Å². The van der Waals surface area contributed by atoms with E-state index in [-0.39, 0.29) is 4.90 Å². The minimum Gasteiger partial charge on any atom is -0.480 e. The van der Waals surface area contributed by atoms with Crippen LogP contribution in [0.2, 0.25) is 0 Å². The van der Waals surface area contributed by atoms with Gasteiger partial charge in [-0.15, -0.1) is 0 Å². The molecule has 1 aromatic rings. The van der Waals surface area contributed by atoms with E-state index >= 15 is 0 Å². The molecule has 21 heavy (non-hydrogen) atoms. The van der Waals surface area contributed by atoms with E-state index in [1.807, 2.05) is 0 Å². The molecule has 1 fully saturated rings. The van der Waals surface area contributed by atoms with Gasteiger partial charge in [-0.05, 0) is 25.0 Å². The largest absolute Gasteiger partial charge is 0.480 e. The van der Waals surface area contributed by atoms with Gasteiger partial charge < -0.3 is 10.0 Å². The van der Waals surface area contributed by atoms with Gasteiger partial charge in [-0.2, -0.15) is 0 Å². The first-order chi connectivity index (χ1) is 9.92. The van der Waals surface area contributed by atoms with E-state index in [2.05, 4.69) is 4.72 Å². The van der Waals surface area contributed by atoms with Crippen LogP contribution in [-0.4, -0.2) is 49.4 Å². The molecule has 0 aliphatic carbocycles. The number of aliphatic carboxylic acids is 1. The quantitative estimate of drug-likeness (QED) is 0.799. The molecule has 0 aromatic heterocycles. The molecule has 1 saturated heterocycles. The number of carbonyl (C=O) groups excluding carboxylic acids is 1. The first kappa shape index (κ1) is 15.5. The summed E-state index contributed by atoms with van der Waals surface area (Å²) in [6.07, 6.45) is 1.00. The third-order valence-electron chi connectivity index (χ3n) is 3.33. The molecule has 7 nitrogen and oxygen atoms in total. The van der Waals surface area contributed by atoms with Crippen molar-refractivity contribution in [3.63, 3.8) is 0 Å². The molecule has 0 bridgehead atoms. The molecule has 0 saturated carbocycles. The molecule has 0 spiro atoms. The average Bonchev–Trinajstić information content (AvgIpc) is 2.95. The van der Waals surface area contributed by atoms with Gasteiger partial charge in [0, 0.05) is 6.54 Å². The number of benzene rings is 1. The standard InChI is InChI=1S/C13H16N2O5S/c16-12(15-8-4-7-11(15)13(17)18)9-14-21(19,20)10-5-2-1-3-6-10/h1-3,5-6,11,14H,4,7-9H2,(H,17,18)/t11-/m1/s1. The van der Waals surface area contributed by atoms with Crippen molar-refractivity contribution in [1.82, 2.24) is 9.62 Å². The SMILES string of the molecule is O=C(O)[C@H]1CCCN1C(=O)CNS(=O)(=O)c1ccccc1. The number of hydrogen-bond acceptors (Lipinski definition) is 4. The van der Waals surface area contributed by atoms with Crippen LogP contribution >= 0.6 is 0 Å². The van der Waals surface area contributed by atoms with E-state index in [1.54, 1.807) is 18.2 Å². The number of nitrogens with one attached hydrogen (secondary N) is 1. The fourth-order valence-corrected chi connectivity index (χ4v) is 3.26. The fraction of sp³-hybridized carbons (Fsp3) is 0.385. The average molecular weight is 312 g/mol. The van der Waals surface area contributed by atoms with Crippen molar-refractivity contribution in [2.24, 2.45) is 0 Å². The molecule has 1 aliphatic rings. The lowest BCUT2D eigenvalue weighted by Crippen LogP contribution is -2.45. The Morgan fingerprint density at radius 2 is 1.95 bits per heavy atom. The summed E-state index contributed by atoms with van der Waals surface area (Å²) in [4.78, 5) is 24.2. The zero-order valence-electron chi connectivity index (χ0n) is 11.2. The Labute approximate surface area is 122 Å². The number of hydrogen-bond donors (Lipinski definition) is 2. The van der Waals surface area contributed by atoms with Gasteiger partial charge in [0.2, 0.25) is 15.9 Å². The van der Waals surface area contributed by atoms with Gasteiger partial charge in [0.1, 0.15) is 6.04 Å². The van der Waals surface area contributed by atoms with Crippen molar-refractivity contribution >= 4 is 21.9 Å². The first-order valence-corrected chi connectivity index (χ1v) is 7.97. The number of carboxylic acid groups (broad SMARTS) is 1. The van der Waals surface area contributed by atoms with Gasteiger partial charge in [-0.25, -0.2) is 17.9 Å². The highest BCUT2D eigenvalue weighted by atomic mass is 32.2. The molecule has 1 amide bonds. The lowest BCUT2D eigenvalue weighted by atomic mass is 10.2. The number of amides is 1. The predicted molar refractivity (Wildman–Crippen MR) is 74.0 cm³/mol. The number of likely N-dealkylation sites (tertiary alicyclic amines) is 1. The van der Waals surface area contributed by atoms with Crippen LogP contribution in [0.5, 0.6) is 0 Å². The molecule has 2 rings (SSSR count). The number of nitrogens with zero attached hydrogens (tertiary/aromatic N) is 1. The Hall–Kier alpha value is -1.93. The van der Waals surface area contributed by atoms with Gasteiger partial charge in [-0.1, -0.05) is 18.2 Å². The third kappa shape index (κ3) is 3.59. The zero-order chi connectivity index (χ0) is 15.5. The lowest BCUT2D eigenvalue weighted by Gasteiger charge is -2.21. The van der Waals surface area contributed by atoms with Crippen molar-refractivity contribution in [2.45, 2.75) is 23.8 Å². The molecule has 0 unspecified atom stereocenters. The van der Waals surface area contributed by atoms with E-state index in [9.17, 15) is 18.0 Å². The highest BCUT2D eigenvalue weighted by Crippen LogP contribution is 2.17. The van der Waals surface area contributed by atoms with E-state index in [0.717, 1.165) is 0 Å². The Balaban J connectivity index is 2.00. The number of sulfonamides is 1. The summed E-state index contributed by atoms with van der Waals surface area (Å²) in [7, 11) is -3.77. The number of rotatable bonds is 5. The van der Waals surface area contributed by atoms with Crippen molar-refractivity contribution < 1.29 is 23.1 Å². The second-order valence-electron chi connectivity index (χ2n) is 4.72. The summed E-state index contributed by atoms with van der Waals surface area (Å²) >= 11 is 0. The molecule has 0 radical (unpaired) electrons. The summed E-state index contributed by atoms with van der Waals surface area (Å²) in [6, 6.07) is 6.82. The van der Waals surface area contributed by atoms with Gasteiger partial charge in [-0.3, -0.25) is 4.79 Å². The summed E-state index contributed by atoms with van der Waals surface area (Å²) < 4.78 is 26.1. The molecular formula is C13H16N2O5S. The molecule has 1 aliphatic heterocycles. The zero-order valence-corrected chi connectivity index (χ0v) is 12.0. The normalized spacial score (nSPS) is 18.7. The van der Waals surface area contributed by atoms with Crippen LogP contribution in [0.3, 0.4) is 0 Å². The van der Waals surface area contributed by atoms with Gasteiger partial charge in [0.25, 0.3) is 0 Å². The van der Waals surface area contributed by atoms with E-state index in [1.165, 1.54) is 17.0 Å². The van der Waals surface area contributed by atoms with Crippen LogP contribution in [0, 0.1) is 0 Å². The summed E-state index contributed by atoms with van der Waals surface area (Å²) in [5.41, 5.74) is 0. The fourth-order valence-electron chi connectivity index (χ4n) is 2.26. The summed E-state index contributed by atoms with van der Waals surface area (Å²) in [6.45, 7) is -0.107. The van der Waals surface area contributed by atoms with Crippen molar-refractivity contribution in [2.75, 3.05) is 13.1 Å². The van der Waals surface area contributed by atoms with Gasteiger partial charge in [0.15, 0.2) is 0 Å². The van der Waals surface area contributed by atoms with Crippen molar-refractivity contribution in [3.8, 4) is 0 Å². The van der Waals surface area contributed by atoms with Crippen LogP contribution < -0.4 is 4.72 Å². The van der Waals surface area contributed by atoms with Gasteiger partial charge in [0.05, 0.1) is 11.4 Å². The molecule has 114 valence electrons. The highest BCUT2D eigenvalue weighted by Gasteiger charge is 2.34. The highest BCUT2D eigenvalue weighted by molar-refractivity contribution is 7.89. The van der Waals surface area contributed by atoms with Crippen LogP contribution in [0.4, 0.5) is 0 Å². The Morgan fingerprint density at radius 1 is 1.29 bits per heavy atom. The van der Waals surface area contributed by atoms with Crippen LogP contribution in [-0.2, 0) is 19.6 Å².